The summed E-state index contributed by atoms with van der Waals surface area (Å²) in [5, 5.41) is 16.3. The standard InChI is InChI=1S/C16H23N2O5S/c1-15(2)9-12(10-16(3,4)18(15)20)17-14(19)11-5-7-13(8-6-11)24(21,22)23/h5-8,12H,9-10H2,1-4H3,(H,17,19)(H,21,22,23). The maximum Gasteiger partial charge on any atom is 0.294 e. The van der Waals surface area contributed by atoms with E-state index in [2.05, 4.69) is 5.32 Å². The average Bonchev–Trinajstić information content (AvgIpc) is 2.43. The highest BCUT2D eigenvalue weighted by Gasteiger charge is 2.46. The van der Waals surface area contributed by atoms with Crippen LogP contribution in [0.4, 0.5) is 0 Å². The zero-order valence-electron chi connectivity index (χ0n) is 14.2. The Morgan fingerprint density at radius 3 is 2.00 bits per heavy atom. The van der Waals surface area contributed by atoms with Gasteiger partial charge in [-0.2, -0.15) is 8.42 Å². The summed E-state index contributed by atoms with van der Waals surface area (Å²) < 4.78 is 31.0. The summed E-state index contributed by atoms with van der Waals surface area (Å²) in [6, 6.07) is 4.89. The van der Waals surface area contributed by atoms with Gasteiger partial charge in [-0.15, -0.1) is 10.3 Å². The molecule has 8 heteroatoms. The smallest absolute Gasteiger partial charge is 0.294 e. The predicted octanol–water partition coefficient (Wildman–Crippen LogP) is 2.03. The van der Waals surface area contributed by atoms with E-state index in [0.29, 0.717) is 18.4 Å². The maximum absolute atomic E-state index is 12.4. The number of nitrogens with one attached hydrogen (secondary N) is 1. The van der Waals surface area contributed by atoms with Crippen LogP contribution >= 0.6 is 0 Å². The van der Waals surface area contributed by atoms with E-state index in [9.17, 15) is 18.4 Å². The highest BCUT2D eigenvalue weighted by atomic mass is 32.2. The van der Waals surface area contributed by atoms with E-state index in [1.54, 1.807) is 0 Å². The third-order valence-corrected chi connectivity index (χ3v) is 5.21. The Bertz CT molecular complexity index is 707. The lowest BCUT2D eigenvalue weighted by molar-refractivity contribution is -0.289. The topological polar surface area (TPSA) is 107 Å². The first-order chi connectivity index (χ1) is 10.8. The fourth-order valence-corrected chi connectivity index (χ4v) is 3.89. The molecule has 0 spiro atoms. The van der Waals surface area contributed by atoms with E-state index < -0.39 is 21.2 Å². The lowest BCUT2D eigenvalue weighted by Crippen LogP contribution is -2.62. The normalized spacial score (nSPS) is 21.4. The molecule has 1 aromatic rings. The molecule has 0 aliphatic carbocycles. The summed E-state index contributed by atoms with van der Waals surface area (Å²) in [7, 11) is -4.28. The van der Waals surface area contributed by atoms with Gasteiger partial charge in [0.1, 0.15) is 0 Å². The Labute approximate surface area is 142 Å². The van der Waals surface area contributed by atoms with Crippen molar-refractivity contribution >= 4 is 16.0 Å². The van der Waals surface area contributed by atoms with Gasteiger partial charge in [-0.3, -0.25) is 9.35 Å². The lowest BCUT2D eigenvalue weighted by Gasteiger charge is -2.50. The molecule has 0 unspecified atom stereocenters. The van der Waals surface area contributed by atoms with E-state index in [4.69, 9.17) is 4.55 Å². The molecule has 2 N–H and O–H groups in total. The van der Waals surface area contributed by atoms with E-state index in [-0.39, 0.29) is 16.8 Å². The zero-order chi connectivity index (χ0) is 18.3. The summed E-state index contributed by atoms with van der Waals surface area (Å²) in [5.74, 6) is -0.340. The van der Waals surface area contributed by atoms with Gasteiger partial charge in [0.25, 0.3) is 16.0 Å². The van der Waals surface area contributed by atoms with Crippen LogP contribution < -0.4 is 5.32 Å². The van der Waals surface area contributed by atoms with Crippen LogP contribution in [0, 0.1) is 0 Å². The molecule has 1 aliphatic rings. The van der Waals surface area contributed by atoms with Gasteiger partial charge >= 0.3 is 0 Å². The molecule has 1 radical (unpaired) electrons. The molecule has 1 aliphatic heterocycles. The molecule has 0 bridgehead atoms. The van der Waals surface area contributed by atoms with Crippen molar-refractivity contribution in [2.24, 2.45) is 0 Å². The number of carbonyl (C=O) groups excluding carboxylic acids is 1. The fraction of sp³-hybridized carbons (Fsp3) is 0.562. The van der Waals surface area contributed by atoms with Crippen molar-refractivity contribution in [2.75, 3.05) is 0 Å². The molecule has 0 atom stereocenters. The average molecular weight is 355 g/mol. The first kappa shape index (κ1) is 18.9. The number of hydrogen-bond acceptors (Lipinski definition) is 4. The number of hydrogen-bond donors (Lipinski definition) is 2. The van der Waals surface area contributed by atoms with Crippen LogP contribution in [-0.4, -0.2) is 41.1 Å². The fourth-order valence-electron chi connectivity index (χ4n) is 3.41. The maximum atomic E-state index is 12.4. The van der Waals surface area contributed by atoms with Gasteiger partial charge in [-0.25, -0.2) is 0 Å². The second kappa shape index (κ2) is 6.11. The van der Waals surface area contributed by atoms with E-state index >= 15 is 0 Å². The van der Waals surface area contributed by atoms with Crippen LogP contribution in [0.3, 0.4) is 0 Å². The number of amides is 1. The van der Waals surface area contributed by atoms with Gasteiger partial charge < -0.3 is 5.32 Å². The Hall–Kier alpha value is -1.48. The summed E-state index contributed by atoms with van der Waals surface area (Å²) in [4.78, 5) is 12.1. The molecule has 133 valence electrons. The second-order valence-electron chi connectivity index (χ2n) is 7.50. The first-order valence-corrected chi connectivity index (χ1v) is 9.13. The summed E-state index contributed by atoms with van der Waals surface area (Å²) in [6.07, 6.45) is 1.05. The molecule has 1 fully saturated rings. The molecular weight excluding hydrogens is 332 g/mol. The second-order valence-corrected chi connectivity index (χ2v) is 8.92. The van der Waals surface area contributed by atoms with Crippen molar-refractivity contribution in [1.29, 1.82) is 0 Å². The molecule has 1 aromatic carbocycles. The Balaban J connectivity index is 2.12. The molecule has 1 saturated heterocycles. The van der Waals surface area contributed by atoms with Crippen LogP contribution in [0.1, 0.15) is 50.9 Å². The summed E-state index contributed by atoms with van der Waals surface area (Å²) >= 11 is 0. The zero-order valence-corrected chi connectivity index (χ0v) is 15.1. The highest BCUT2D eigenvalue weighted by Crippen LogP contribution is 2.37. The van der Waals surface area contributed by atoms with Crippen LogP contribution in [0.2, 0.25) is 0 Å². The number of rotatable bonds is 3. The predicted molar refractivity (Wildman–Crippen MR) is 87.4 cm³/mol. The van der Waals surface area contributed by atoms with Crippen molar-refractivity contribution in [3.05, 3.63) is 29.8 Å². The minimum atomic E-state index is -4.28. The quantitative estimate of drug-likeness (QED) is 0.807. The van der Waals surface area contributed by atoms with Crippen LogP contribution in [0.5, 0.6) is 0 Å². The van der Waals surface area contributed by atoms with Crippen LogP contribution in [0.25, 0.3) is 0 Å². The number of carbonyl (C=O) groups is 1. The van der Waals surface area contributed by atoms with Crippen molar-refractivity contribution in [2.45, 2.75) is 62.6 Å². The Morgan fingerprint density at radius 2 is 1.58 bits per heavy atom. The minimum Gasteiger partial charge on any atom is -0.349 e. The molecular formula is C16H23N2O5S. The van der Waals surface area contributed by atoms with Gasteiger partial charge in [0, 0.05) is 22.7 Å². The number of piperidine rings is 1. The number of hydroxylamine groups is 2. The molecule has 0 aromatic heterocycles. The Kier molecular flexibility index (Phi) is 4.80. The third-order valence-electron chi connectivity index (χ3n) is 4.34. The number of benzene rings is 1. The lowest BCUT2D eigenvalue weighted by atomic mass is 9.79. The van der Waals surface area contributed by atoms with Gasteiger partial charge in [0.05, 0.1) is 4.90 Å². The number of nitrogens with zero attached hydrogens (tertiary/aromatic N) is 1. The summed E-state index contributed by atoms with van der Waals surface area (Å²) in [5.41, 5.74) is -0.883. The van der Waals surface area contributed by atoms with Crippen molar-refractivity contribution < 1.29 is 23.0 Å². The van der Waals surface area contributed by atoms with E-state index in [1.165, 1.54) is 24.3 Å². The summed E-state index contributed by atoms with van der Waals surface area (Å²) in [6.45, 7) is 7.39. The molecule has 7 nitrogen and oxygen atoms in total. The van der Waals surface area contributed by atoms with Crippen LogP contribution in [0.15, 0.2) is 29.2 Å². The minimum absolute atomic E-state index is 0.158. The first-order valence-electron chi connectivity index (χ1n) is 7.69. The van der Waals surface area contributed by atoms with Crippen molar-refractivity contribution in [3.8, 4) is 0 Å². The van der Waals surface area contributed by atoms with Crippen LogP contribution in [-0.2, 0) is 15.3 Å². The SMILES string of the molecule is CC1(C)CC(NC(=O)c2ccc(S(=O)(=O)O)cc2)CC(C)(C)N1[O]. The third kappa shape index (κ3) is 3.94. The van der Waals surface area contributed by atoms with Crippen molar-refractivity contribution in [3.63, 3.8) is 0 Å². The van der Waals surface area contributed by atoms with E-state index in [1.807, 2.05) is 27.7 Å². The van der Waals surface area contributed by atoms with Gasteiger partial charge in [0.15, 0.2) is 0 Å². The largest absolute Gasteiger partial charge is 0.349 e. The van der Waals surface area contributed by atoms with Gasteiger partial charge in [-0.05, 0) is 64.8 Å². The van der Waals surface area contributed by atoms with Crippen molar-refractivity contribution in [1.82, 2.24) is 10.4 Å². The van der Waals surface area contributed by atoms with E-state index in [0.717, 1.165) is 5.06 Å². The van der Waals surface area contributed by atoms with Gasteiger partial charge in [-0.1, -0.05) is 0 Å². The molecule has 2 rings (SSSR count). The molecule has 1 heterocycles. The molecule has 24 heavy (non-hydrogen) atoms. The molecule has 0 saturated carbocycles. The monoisotopic (exact) mass is 355 g/mol. The molecule has 1 amide bonds. The van der Waals surface area contributed by atoms with Gasteiger partial charge in [0.2, 0.25) is 0 Å². The highest BCUT2D eigenvalue weighted by molar-refractivity contribution is 7.85. The Morgan fingerprint density at radius 1 is 1.12 bits per heavy atom.